The van der Waals surface area contributed by atoms with Crippen LogP contribution in [0.15, 0.2) is 6.33 Å². The molecule has 2 heterocycles. The van der Waals surface area contributed by atoms with Gasteiger partial charge in [-0.2, -0.15) is 0 Å². The Hall–Kier alpha value is -0.320. The molecule has 1 aliphatic heterocycles. The molecule has 1 aliphatic rings. The molecular formula is C5H10Cl2N4. The molecule has 0 saturated heterocycles. The molecule has 0 aromatic carbocycles. The third-order valence-corrected chi connectivity index (χ3v) is 1.51. The number of hydrogen-bond donors (Lipinski definition) is 1. The molecule has 0 bridgehead atoms. The van der Waals surface area contributed by atoms with Gasteiger partial charge in [0.25, 0.3) is 0 Å². The minimum Gasteiger partial charge on any atom is -0.315 e. The Morgan fingerprint density at radius 1 is 1.45 bits per heavy atom. The van der Waals surface area contributed by atoms with Gasteiger partial charge in [-0.25, -0.2) is 0 Å². The van der Waals surface area contributed by atoms with Crippen LogP contribution in [0.25, 0.3) is 0 Å². The van der Waals surface area contributed by atoms with Gasteiger partial charge in [0.15, 0.2) is 0 Å². The fourth-order valence-corrected chi connectivity index (χ4v) is 1.00. The number of halogens is 2. The summed E-state index contributed by atoms with van der Waals surface area (Å²) in [5.41, 5.74) is 0. The predicted octanol–water partition coefficient (Wildman–Crippen LogP) is 0.225. The summed E-state index contributed by atoms with van der Waals surface area (Å²) in [6.07, 6.45) is 1.77. The van der Waals surface area contributed by atoms with E-state index in [0.29, 0.717) is 0 Å². The topological polar surface area (TPSA) is 42.7 Å². The van der Waals surface area contributed by atoms with Crippen molar-refractivity contribution in [3.8, 4) is 0 Å². The van der Waals surface area contributed by atoms with Crippen LogP contribution in [0.5, 0.6) is 0 Å². The van der Waals surface area contributed by atoms with Crippen molar-refractivity contribution in [3.63, 3.8) is 0 Å². The largest absolute Gasteiger partial charge is 0.315 e. The van der Waals surface area contributed by atoms with E-state index >= 15 is 0 Å². The fraction of sp³-hybridized carbons (Fsp3) is 0.600. The van der Waals surface area contributed by atoms with Crippen LogP contribution < -0.4 is 5.32 Å². The molecule has 0 atom stereocenters. The number of rotatable bonds is 0. The van der Waals surface area contributed by atoms with Gasteiger partial charge in [-0.05, 0) is 0 Å². The number of hydrogen-bond acceptors (Lipinski definition) is 3. The molecule has 64 valence electrons. The maximum Gasteiger partial charge on any atom is 0.146 e. The number of fused-ring (bicyclic) bond motifs is 1. The Balaban J connectivity index is 0.000000500. The van der Waals surface area contributed by atoms with Crippen molar-refractivity contribution in [2.45, 2.75) is 13.1 Å². The maximum atomic E-state index is 3.91. The van der Waals surface area contributed by atoms with Crippen LogP contribution in [0.4, 0.5) is 0 Å². The zero-order valence-electron chi connectivity index (χ0n) is 5.86. The van der Waals surface area contributed by atoms with Crippen molar-refractivity contribution in [2.24, 2.45) is 0 Å². The third kappa shape index (κ3) is 2.05. The van der Waals surface area contributed by atoms with Gasteiger partial charge in [0.05, 0.1) is 6.54 Å². The predicted molar refractivity (Wildman–Crippen MR) is 46.2 cm³/mol. The van der Waals surface area contributed by atoms with Crippen LogP contribution in [0.2, 0.25) is 0 Å². The summed E-state index contributed by atoms with van der Waals surface area (Å²) in [6.45, 7) is 2.90. The maximum absolute atomic E-state index is 3.91. The Labute approximate surface area is 77.2 Å². The van der Waals surface area contributed by atoms with E-state index in [4.69, 9.17) is 0 Å². The first-order chi connectivity index (χ1) is 4.47. The summed E-state index contributed by atoms with van der Waals surface area (Å²) in [7, 11) is 0. The summed E-state index contributed by atoms with van der Waals surface area (Å²) in [6, 6.07) is 0. The van der Waals surface area contributed by atoms with E-state index in [1.165, 1.54) is 0 Å². The van der Waals surface area contributed by atoms with Crippen molar-refractivity contribution < 1.29 is 0 Å². The fourth-order valence-electron chi connectivity index (χ4n) is 1.00. The van der Waals surface area contributed by atoms with E-state index in [2.05, 4.69) is 20.1 Å². The highest BCUT2D eigenvalue weighted by Gasteiger charge is 2.06. The molecule has 4 nitrogen and oxygen atoms in total. The van der Waals surface area contributed by atoms with Gasteiger partial charge in [0.2, 0.25) is 0 Å². The summed E-state index contributed by atoms with van der Waals surface area (Å²) in [5, 5.41) is 10.9. The molecule has 1 aromatic heterocycles. The molecule has 0 aliphatic carbocycles. The summed E-state index contributed by atoms with van der Waals surface area (Å²) < 4.78 is 2.07. The molecule has 11 heavy (non-hydrogen) atoms. The molecule has 0 unspecified atom stereocenters. The van der Waals surface area contributed by atoms with Crippen molar-refractivity contribution in [3.05, 3.63) is 12.2 Å². The molecule has 0 saturated carbocycles. The van der Waals surface area contributed by atoms with Gasteiger partial charge >= 0.3 is 0 Å². The minimum atomic E-state index is 0. The van der Waals surface area contributed by atoms with Crippen LogP contribution in [-0.4, -0.2) is 21.3 Å². The first-order valence-electron chi connectivity index (χ1n) is 3.04. The Bertz CT molecular complexity index is 192. The van der Waals surface area contributed by atoms with Crippen LogP contribution in [0.3, 0.4) is 0 Å². The lowest BCUT2D eigenvalue weighted by molar-refractivity contribution is 0.505. The smallest absolute Gasteiger partial charge is 0.146 e. The average Bonchev–Trinajstić information content (AvgIpc) is 2.33. The first-order valence-corrected chi connectivity index (χ1v) is 3.04. The van der Waals surface area contributed by atoms with E-state index in [0.717, 1.165) is 25.5 Å². The molecule has 0 amide bonds. The minimum absolute atomic E-state index is 0. The van der Waals surface area contributed by atoms with Gasteiger partial charge in [0, 0.05) is 13.1 Å². The normalized spacial score (nSPS) is 14.2. The molecule has 0 radical (unpaired) electrons. The van der Waals surface area contributed by atoms with E-state index in [-0.39, 0.29) is 24.8 Å². The van der Waals surface area contributed by atoms with Gasteiger partial charge in [-0.1, -0.05) is 0 Å². The third-order valence-electron chi connectivity index (χ3n) is 1.51. The Kier molecular flexibility index (Phi) is 4.40. The van der Waals surface area contributed by atoms with E-state index in [9.17, 15) is 0 Å². The van der Waals surface area contributed by atoms with Crippen LogP contribution >= 0.6 is 24.8 Å². The summed E-state index contributed by atoms with van der Waals surface area (Å²) in [5.74, 6) is 1.04. The van der Waals surface area contributed by atoms with Gasteiger partial charge < -0.3 is 9.88 Å². The van der Waals surface area contributed by atoms with Crippen molar-refractivity contribution in [1.82, 2.24) is 20.1 Å². The zero-order chi connectivity index (χ0) is 6.10. The summed E-state index contributed by atoms with van der Waals surface area (Å²) >= 11 is 0. The molecule has 0 fully saturated rings. The Morgan fingerprint density at radius 2 is 2.27 bits per heavy atom. The molecule has 1 N–H and O–H groups in total. The lowest BCUT2D eigenvalue weighted by Gasteiger charge is -2.12. The number of nitrogens with zero attached hydrogens (tertiary/aromatic N) is 3. The van der Waals surface area contributed by atoms with E-state index in [1.54, 1.807) is 6.33 Å². The van der Waals surface area contributed by atoms with Gasteiger partial charge in [-0.3, -0.25) is 0 Å². The molecule has 6 heteroatoms. The van der Waals surface area contributed by atoms with E-state index < -0.39 is 0 Å². The van der Waals surface area contributed by atoms with Gasteiger partial charge in [0.1, 0.15) is 12.2 Å². The quantitative estimate of drug-likeness (QED) is 0.647. The summed E-state index contributed by atoms with van der Waals surface area (Å²) in [4.78, 5) is 0. The second-order valence-electron chi connectivity index (χ2n) is 2.12. The SMILES string of the molecule is Cl.Cl.c1nnc2n1CCNC2. The first kappa shape index (κ1) is 10.7. The number of nitrogens with one attached hydrogen (secondary N) is 1. The Morgan fingerprint density at radius 3 is 3.00 bits per heavy atom. The van der Waals surface area contributed by atoms with E-state index in [1.807, 2.05) is 0 Å². The zero-order valence-corrected chi connectivity index (χ0v) is 7.49. The standard InChI is InChI=1S/C5H8N4.2ClH/c1-2-9-4-7-8-5(9)3-6-1;;/h4,6H,1-3H2;2*1H. The van der Waals surface area contributed by atoms with Crippen LogP contribution in [0, 0.1) is 0 Å². The van der Waals surface area contributed by atoms with Crippen molar-refractivity contribution in [1.29, 1.82) is 0 Å². The highest BCUT2D eigenvalue weighted by Crippen LogP contribution is 1.97. The van der Waals surface area contributed by atoms with Crippen LogP contribution in [0.1, 0.15) is 5.82 Å². The van der Waals surface area contributed by atoms with Gasteiger partial charge in [-0.15, -0.1) is 35.0 Å². The molecule has 1 aromatic rings. The van der Waals surface area contributed by atoms with Crippen LogP contribution in [-0.2, 0) is 13.1 Å². The average molecular weight is 197 g/mol. The monoisotopic (exact) mass is 196 g/mol. The molecule has 2 rings (SSSR count). The highest BCUT2D eigenvalue weighted by molar-refractivity contribution is 5.85. The second-order valence-corrected chi connectivity index (χ2v) is 2.12. The van der Waals surface area contributed by atoms with Crippen molar-refractivity contribution >= 4 is 24.8 Å². The van der Waals surface area contributed by atoms with Crippen molar-refractivity contribution in [2.75, 3.05) is 6.54 Å². The molecule has 0 spiro atoms. The molecular weight excluding hydrogens is 187 g/mol. The number of aromatic nitrogens is 3. The highest BCUT2D eigenvalue weighted by atomic mass is 35.5. The lowest BCUT2D eigenvalue weighted by Crippen LogP contribution is -2.27. The lowest BCUT2D eigenvalue weighted by atomic mass is 10.4. The second kappa shape index (κ2) is 4.54.